The zero-order chi connectivity index (χ0) is 18.4. The minimum absolute atomic E-state index is 0.0879. The summed E-state index contributed by atoms with van der Waals surface area (Å²) in [6, 6.07) is 9.56. The molecule has 1 aromatic rings. The van der Waals surface area contributed by atoms with Gasteiger partial charge in [-0.25, -0.2) is 0 Å². The Labute approximate surface area is 156 Å². The van der Waals surface area contributed by atoms with Crippen molar-refractivity contribution in [2.24, 2.45) is 11.8 Å². The van der Waals surface area contributed by atoms with Crippen LogP contribution in [0.25, 0.3) is 0 Å². The van der Waals surface area contributed by atoms with Gasteiger partial charge in [0.15, 0.2) is 0 Å². The minimum atomic E-state index is 0.0879. The largest absolute Gasteiger partial charge is 0.493 e. The van der Waals surface area contributed by atoms with Crippen molar-refractivity contribution in [1.29, 1.82) is 0 Å². The molecule has 0 saturated carbocycles. The topological polar surface area (TPSA) is 49.9 Å². The third-order valence-electron chi connectivity index (χ3n) is 5.49. The van der Waals surface area contributed by atoms with E-state index in [0.29, 0.717) is 37.9 Å². The van der Waals surface area contributed by atoms with Crippen LogP contribution >= 0.6 is 0 Å². The molecule has 142 valence electrons. The first-order valence-corrected chi connectivity index (χ1v) is 9.88. The lowest BCUT2D eigenvalue weighted by Gasteiger charge is -2.37. The van der Waals surface area contributed by atoms with Gasteiger partial charge in [0, 0.05) is 32.1 Å². The number of piperidine rings is 2. The molecule has 0 N–H and O–H groups in total. The number of amides is 2. The van der Waals surface area contributed by atoms with Crippen LogP contribution in [0.15, 0.2) is 30.3 Å². The Balaban J connectivity index is 1.38. The standard InChI is InChI=1S/C21H30N2O3/c1-17-6-5-12-23(16-17)21(25)18-9-13-22(14-10-18)20(24)11-15-26-19-7-3-2-4-8-19/h2-4,7-8,17-18H,5-6,9-16H2,1H3. The summed E-state index contributed by atoms with van der Waals surface area (Å²) >= 11 is 0. The minimum Gasteiger partial charge on any atom is -0.493 e. The Bertz CT molecular complexity index is 597. The lowest BCUT2D eigenvalue weighted by Crippen LogP contribution is -2.47. The number of carbonyl (C=O) groups is 2. The molecule has 5 heteroatoms. The maximum absolute atomic E-state index is 12.7. The zero-order valence-corrected chi connectivity index (χ0v) is 15.7. The van der Waals surface area contributed by atoms with Crippen molar-refractivity contribution >= 4 is 11.8 Å². The Morgan fingerprint density at radius 1 is 1.04 bits per heavy atom. The lowest BCUT2D eigenvalue weighted by molar-refractivity contribution is -0.142. The van der Waals surface area contributed by atoms with Crippen LogP contribution < -0.4 is 4.74 Å². The molecule has 1 unspecified atom stereocenters. The second kappa shape index (κ2) is 9.06. The fourth-order valence-corrected chi connectivity index (χ4v) is 3.95. The first-order chi connectivity index (χ1) is 12.6. The van der Waals surface area contributed by atoms with Gasteiger partial charge in [-0.3, -0.25) is 9.59 Å². The summed E-state index contributed by atoms with van der Waals surface area (Å²) in [6.45, 7) is 5.79. The van der Waals surface area contributed by atoms with E-state index < -0.39 is 0 Å². The van der Waals surface area contributed by atoms with Crippen LogP contribution in [0.2, 0.25) is 0 Å². The monoisotopic (exact) mass is 358 g/mol. The van der Waals surface area contributed by atoms with Gasteiger partial charge in [-0.1, -0.05) is 25.1 Å². The summed E-state index contributed by atoms with van der Waals surface area (Å²) in [7, 11) is 0. The number of benzene rings is 1. The highest BCUT2D eigenvalue weighted by Crippen LogP contribution is 2.24. The van der Waals surface area contributed by atoms with Gasteiger partial charge in [-0.2, -0.15) is 0 Å². The van der Waals surface area contributed by atoms with Gasteiger partial charge in [0.25, 0.3) is 0 Å². The highest BCUT2D eigenvalue weighted by atomic mass is 16.5. The van der Waals surface area contributed by atoms with E-state index in [9.17, 15) is 9.59 Å². The van der Waals surface area contributed by atoms with Gasteiger partial charge >= 0.3 is 0 Å². The highest BCUT2D eigenvalue weighted by molar-refractivity contribution is 5.80. The summed E-state index contributed by atoms with van der Waals surface area (Å²) < 4.78 is 5.61. The summed E-state index contributed by atoms with van der Waals surface area (Å²) in [4.78, 5) is 29.0. The smallest absolute Gasteiger partial charge is 0.225 e. The molecular weight excluding hydrogens is 328 g/mol. The molecule has 0 radical (unpaired) electrons. The van der Waals surface area contributed by atoms with E-state index in [1.54, 1.807) is 0 Å². The third kappa shape index (κ3) is 4.99. The molecule has 0 spiro atoms. The van der Waals surface area contributed by atoms with Crippen molar-refractivity contribution in [2.75, 3.05) is 32.8 Å². The van der Waals surface area contributed by atoms with E-state index >= 15 is 0 Å². The average Bonchev–Trinajstić information content (AvgIpc) is 2.68. The predicted molar refractivity (Wildman–Crippen MR) is 101 cm³/mol. The molecule has 2 saturated heterocycles. The second-order valence-corrected chi connectivity index (χ2v) is 7.60. The molecule has 3 rings (SSSR count). The van der Waals surface area contributed by atoms with Crippen LogP contribution in [0, 0.1) is 11.8 Å². The summed E-state index contributed by atoms with van der Waals surface area (Å²) in [5, 5.41) is 0. The Morgan fingerprint density at radius 3 is 2.46 bits per heavy atom. The second-order valence-electron chi connectivity index (χ2n) is 7.60. The molecular formula is C21H30N2O3. The van der Waals surface area contributed by atoms with E-state index in [-0.39, 0.29) is 11.8 Å². The first kappa shape index (κ1) is 18.7. The van der Waals surface area contributed by atoms with Crippen molar-refractivity contribution in [1.82, 2.24) is 9.80 Å². The summed E-state index contributed by atoms with van der Waals surface area (Å²) in [5.74, 6) is 1.92. The fourth-order valence-electron chi connectivity index (χ4n) is 3.95. The van der Waals surface area contributed by atoms with Crippen molar-refractivity contribution in [3.05, 3.63) is 30.3 Å². The van der Waals surface area contributed by atoms with E-state index in [0.717, 1.165) is 38.1 Å². The molecule has 2 amide bonds. The molecule has 2 fully saturated rings. The van der Waals surface area contributed by atoms with Crippen molar-refractivity contribution in [3.63, 3.8) is 0 Å². The quantitative estimate of drug-likeness (QED) is 0.813. The Kier molecular flexibility index (Phi) is 6.53. The number of rotatable bonds is 5. The molecule has 0 aliphatic carbocycles. The number of hydrogen-bond acceptors (Lipinski definition) is 3. The molecule has 5 nitrogen and oxygen atoms in total. The molecule has 1 aromatic carbocycles. The van der Waals surface area contributed by atoms with Gasteiger partial charge in [-0.15, -0.1) is 0 Å². The number of hydrogen-bond donors (Lipinski definition) is 0. The molecule has 26 heavy (non-hydrogen) atoms. The van der Waals surface area contributed by atoms with E-state index in [4.69, 9.17) is 4.74 Å². The molecule has 1 atom stereocenters. The van der Waals surface area contributed by atoms with Crippen LogP contribution in [-0.4, -0.2) is 54.4 Å². The van der Waals surface area contributed by atoms with E-state index in [1.165, 1.54) is 6.42 Å². The Hall–Kier alpha value is -2.04. The normalized spacial score (nSPS) is 21.5. The maximum Gasteiger partial charge on any atom is 0.225 e. The third-order valence-corrected chi connectivity index (χ3v) is 5.49. The predicted octanol–water partition coefficient (Wildman–Crippen LogP) is 2.95. The number of para-hydroxylation sites is 1. The van der Waals surface area contributed by atoms with Crippen LogP contribution in [0.4, 0.5) is 0 Å². The summed E-state index contributed by atoms with van der Waals surface area (Å²) in [6.07, 6.45) is 4.30. The number of carbonyl (C=O) groups excluding carboxylic acids is 2. The highest BCUT2D eigenvalue weighted by Gasteiger charge is 2.31. The van der Waals surface area contributed by atoms with E-state index in [2.05, 4.69) is 6.92 Å². The van der Waals surface area contributed by atoms with Gasteiger partial charge < -0.3 is 14.5 Å². The van der Waals surface area contributed by atoms with Gasteiger partial charge in [0.05, 0.1) is 13.0 Å². The van der Waals surface area contributed by atoms with Crippen LogP contribution in [0.1, 0.15) is 39.0 Å². The van der Waals surface area contributed by atoms with Crippen LogP contribution in [0.5, 0.6) is 5.75 Å². The maximum atomic E-state index is 12.7. The first-order valence-electron chi connectivity index (χ1n) is 9.88. The van der Waals surface area contributed by atoms with Gasteiger partial charge in [0.2, 0.25) is 11.8 Å². The zero-order valence-electron chi connectivity index (χ0n) is 15.7. The molecule has 2 aliphatic heterocycles. The molecule has 2 heterocycles. The van der Waals surface area contributed by atoms with Crippen molar-refractivity contribution in [2.45, 2.75) is 39.0 Å². The van der Waals surface area contributed by atoms with Crippen LogP contribution in [0.3, 0.4) is 0 Å². The van der Waals surface area contributed by atoms with Crippen molar-refractivity contribution in [3.8, 4) is 5.75 Å². The van der Waals surface area contributed by atoms with Crippen LogP contribution in [-0.2, 0) is 9.59 Å². The molecule has 2 aliphatic rings. The van der Waals surface area contributed by atoms with Gasteiger partial charge in [-0.05, 0) is 43.7 Å². The van der Waals surface area contributed by atoms with Crippen molar-refractivity contribution < 1.29 is 14.3 Å². The number of likely N-dealkylation sites (tertiary alicyclic amines) is 2. The SMILES string of the molecule is CC1CCCN(C(=O)C2CCN(C(=O)CCOc3ccccc3)CC2)C1. The fraction of sp³-hybridized carbons (Fsp3) is 0.619. The average molecular weight is 358 g/mol. The summed E-state index contributed by atoms with van der Waals surface area (Å²) in [5.41, 5.74) is 0. The number of nitrogens with zero attached hydrogens (tertiary/aromatic N) is 2. The Morgan fingerprint density at radius 2 is 1.77 bits per heavy atom. The molecule has 0 bridgehead atoms. The van der Waals surface area contributed by atoms with E-state index in [1.807, 2.05) is 40.1 Å². The number of ether oxygens (including phenoxy) is 1. The van der Waals surface area contributed by atoms with Gasteiger partial charge in [0.1, 0.15) is 5.75 Å². The molecule has 0 aromatic heterocycles. The lowest BCUT2D eigenvalue weighted by atomic mass is 9.92.